The fourth-order valence-electron chi connectivity index (χ4n) is 2.79. The van der Waals surface area contributed by atoms with Gasteiger partial charge in [-0.25, -0.2) is 9.59 Å². The summed E-state index contributed by atoms with van der Waals surface area (Å²) in [6, 6.07) is 0. The van der Waals surface area contributed by atoms with Crippen molar-refractivity contribution < 1.29 is 23.8 Å². The maximum absolute atomic E-state index is 11.5. The van der Waals surface area contributed by atoms with E-state index in [1.807, 2.05) is 19.0 Å². The van der Waals surface area contributed by atoms with Crippen LogP contribution in [0.2, 0.25) is 0 Å². The van der Waals surface area contributed by atoms with Gasteiger partial charge in [-0.05, 0) is 52.6 Å². The molecule has 0 aromatic rings. The molecule has 0 fully saturated rings. The van der Waals surface area contributed by atoms with Gasteiger partial charge in [0.15, 0.2) is 6.61 Å². The van der Waals surface area contributed by atoms with Crippen molar-refractivity contribution in [2.75, 3.05) is 40.5 Å². The van der Waals surface area contributed by atoms with E-state index in [1.165, 1.54) is 44.9 Å². The van der Waals surface area contributed by atoms with Crippen LogP contribution in [-0.4, -0.2) is 57.5 Å². The highest BCUT2D eigenvalue weighted by Crippen LogP contribution is 2.08. The first-order chi connectivity index (χ1) is 15.1. The van der Waals surface area contributed by atoms with Crippen molar-refractivity contribution in [1.82, 2.24) is 4.90 Å². The molecule has 0 N–H and O–H groups in total. The van der Waals surface area contributed by atoms with E-state index in [9.17, 15) is 9.59 Å². The number of carbonyl (C=O) groups excluding carboxylic acids is 2. The maximum Gasteiger partial charge on any atom is 0.508 e. The van der Waals surface area contributed by atoms with Gasteiger partial charge >= 0.3 is 12.1 Å². The quantitative estimate of drug-likeness (QED) is 0.131. The van der Waals surface area contributed by atoms with Crippen LogP contribution in [0.4, 0.5) is 4.79 Å². The minimum atomic E-state index is -0.840. The topological polar surface area (TPSA) is 65.1 Å². The summed E-state index contributed by atoms with van der Waals surface area (Å²) in [7, 11) is 3.75. The molecule has 0 heterocycles. The van der Waals surface area contributed by atoms with Gasteiger partial charge in [-0.3, -0.25) is 0 Å². The Balaban J connectivity index is 3.35. The first-order valence-electron chi connectivity index (χ1n) is 12.0. The Hall–Kier alpha value is -1.82. The standard InChI is InChI=1S/C25H45NO5/c1-4-5-6-7-8-9-10-11-12-13-14-15-16-17-18-19-21-29-24(27)23-31-25(28)30-22-20-26(2)3/h8-9,11-12H,4-7,10,13-23H2,1-3H3/b9-8-,12-11-. The number of unbranched alkanes of at least 4 members (excludes halogenated alkanes) is 9. The Morgan fingerprint density at radius 3 is 1.97 bits per heavy atom. The third-order valence-corrected chi connectivity index (χ3v) is 4.67. The lowest BCUT2D eigenvalue weighted by Crippen LogP contribution is -2.22. The normalized spacial score (nSPS) is 11.5. The van der Waals surface area contributed by atoms with Crippen LogP contribution in [0.15, 0.2) is 24.3 Å². The van der Waals surface area contributed by atoms with Crippen molar-refractivity contribution in [3.63, 3.8) is 0 Å². The Morgan fingerprint density at radius 1 is 0.710 bits per heavy atom. The highest BCUT2D eigenvalue weighted by atomic mass is 16.7. The Kier molecular flexibility index (Phi) is 21.5. The number of hydrogen-bond donors (Lipinski definition) is 0. The zero-order valence-electron chi connectivity index (χ0n) is 20.1. The molecule has 0 radical (unpaired) electrons. The van der Waals surface area contributed by atoms with Gasteiger partial charge in [-0.2, -0.15) is 0 Å². The number of nitrogens with zero attached hydrogens (tertiary/aromatic N) is 1. The molecule has 0 aliphatic rings. The van der Waals surface area contributed by atoms with Crippen LogP contribution >= 0.6 is 0 Å². The van der Waals surface area contributed by atoms with Gasteiger partial charge in [-0.1, -0.05) is 69.8 Å². The van der Waals surface area contributed by atoms with Crippen LogP contribution < -0.4 is 0 Å². The number of allylic oxidation sites excluding steroid dienone is 4. The smallest absolute Gasteiger partial charge is 0.463 e. The lowest BCUT2D eigenvalue weighted by atomic mass is 10.1. The summed E-state index contributed by atoms with van der Waals surface area (Å²) >= 11 is 0. The van der Waals surface area contributed by atoms with Crippen LogP contribution in [0.1, 0.15) is 84.0 Å². The van der Waals surface area contributed by atoms with E-state index in [4.69, 9.17) is 14.2 Å². The summed E-state index contributed by atoms with van der Waals surface area (Å²) in [4.78, 5) is 24.7. The van der Waals surface area contributed by atoms with Gasteiger partial charge in [0.2, 0.25) is 0 Å². The summed E-state index contributed by atoms with van der Waals surface area (Å²) in [6.07, 6.45) is 22.3. The van der Waals surface area contributed by atoms with Crippen molar-refractivity contribution in [2.24, 2.45) is 0 Å². The zero-order valence-corrected chi connectivity index (χ0v) is 20.1. The van der Waals surface area contributed by atoms with Crippen molar-refractivity contribution >= 4 is 12.1 Å². The Morgan fingerprint density at radius 2 is 1.32 bits per heavy atom. The monoisotopic (exact) mass is 439 g/mol. The number of likely N-dealkylation sites (N-methyl/N-ethyl adjacent to an activating group) is 1. The van der Waals surface area contributed by atoms with Crippen LogP contribution in [-0.2, 0) is 19.0 Å². The maximum atomic E-state index is 11.5. The third kappa shape index (κ3) is 24.3. The van der Waals surface area contributed by atoms with Crippen molar-refractivity contribution in [3.05, 3.63) is 24.3 Å². The molecular formula is C25H45NO5. The number of rotatable bonds is 20. The Bertz CT molecular complexity index is 488. The average molecular weight is 440 g/mol. The fourth-order valence-corrected chi connectivity index (χ4v) is 2.79. The molecule has 6 nitrogen and oxygen atoms in total. The van der Waals surface area contributed by atoms with Crippen molar-refractivity contribution in [2.45, 2.75) is 84.0 Å². The van der Waals surface area contributed by atoms with E-state index in [2.05, 4.69) is 31.2 Å². The van der Waals surface area contributed by atoms with E-state index in [0.29, 0.717) is 13.2 Å². The minimum Gasteiger partial charge on any atom is -0.463 e. The van der Waals surface area contributed by atoms with Crippen molar-refractivity contribution in [1.29, 1.82) is 0 Å². The minimum absolute atomic E-state index is 0.230. The lowest BCUT2D eigenvalue weighted by Gasteiger charge is -2.10. The number of esters is 1. The first kappa shape index (κ1) is 29.2. The molecule has 6 heteroatoms. The fraction of sp³-hybridized carbons (Fsp3) is 0.760. The SMILES string of the molecule is CCCCC/C=C\C/C=C\CCCCCCCCOC(=O)COC(=O)OCCN(C)C. The van der Waals surface area contributed by atoms with Crippen LogP contribution in [0, 0.1) is 0 Å². The molecule has 0 unspecified atom stereocenters. The zero-order chi connectivity index (χ0) is 23.0. The summed E-state index contributed by atoms with van der Waals surface area (Å²) in [6.45, 7) is 3.04. The van der Waals surface area contributed by atoms with Gasteiger partial charge in [-0.15, -0.1) is 0 Å². The predicted molar refractivity (Wildman–Crippen MR) is 126 cm³/mol. The molecular weight excluding hydrogens is 394 g/mol. The number of carbonyl (C=O) groups is 2. The summed E-state index contributed by atoms with van der Waals surface area (Å²) in [5, 5.41) is 0. The van der Waals surface area contributed by atoms with E-state index < -0.39 is 18.7 Å². The lowest BCUT2D eigenvalue weighted by molar-refractivity contribution is -0.148. The molecule has 0 rings (SSSR count). The summed E-state index contributed by atoms with van der Waals surface area (Å²) in [5.41, 5.74) is 0. The molecule has 0 saturated carbocycles. The highest BCUT2D eigenvalue weighted by molar-refractivity contribution is 5.73. The largest absolute Gasteiger partial charge is 0.508 e. The molecule has 0 aromatic carbocycles. The second kappa shape index (κ2) is 22.9. The van der Waals surface area contributed by atoms with E-state index >= 15 is 0 Å². The number of ether oxygens (including phenoxy) is 3. The van der Waals surface area contributed by atoms with Crippen LogP contribution in [0.25, 0.3) is 0 Å². The van der Waals surface area contributed by atoms with Gasteiger partial charge in [0, 0.05) is 6.54 Å². The molecule has 31 heavy (non-hydrogen) atoms. The van der Waals surface area contributed by atoms with Crippen LogP contribution in [0.5, 0.6) is 0 Å². The van der Waals surface area contributed by atoms with E-state index in [-0.39, 0.29) is 6.61 Å². The van der Waals surface area contributed by atoms with E-state index in [0.717, 1.165) is 32.1 Å². The van der Waals surface area contributed by atoms with Crippen molar-refractivity contribution in [3.8, 4) is 0 Å². The first-order valence-corrected chi connectivity index (χ1v) is 12.0. The predicted octanol–water partition coefficient (Wildman–Crippen LogP) is 6.06. The number of hydrogen-bond acceptors (Lipinski definition) is 6. The summed E-state index contributed by atoms with van der Waals surface area (Å²) in [5.74, 6) is -0.535. The summed E-state index contributed by atoms with van der Waals surface area (Å²) < 4.78 is 14.6. The third-order valence-electron chi connectivity index (χ3n) is 4.67. The molecule has 0 aliphatic carbocycles. The molecule has 0 atom stereocenters. The molecule has 0 spiro atoms. The van der Waals surface area contributed by atoms with Gasteiger partial charge in [0.1, 0.15) is 6.61 Å². The molecule has 180 valence electrons. The molecule has 0 bridgehead atoms. The molecule has 0 saturated heterocycles. The van der Waals surface area contributed by atoms with Crippen LogP contribution in [0.3, 0.4) is 0 Å². The second-order valence-electron chi connectivity index (χ2n) is 8.00. The van der Waals surface area contributed by atoms with E-state index in [1.54, 1.807) is 0 Å². The van der Waals surface area contributed by atoms with Gasteiger partial charge in [0.25, 0.3) is 0 Å². The molecule has 0 amide bonds. The Labute approximate surface area is 190 Å². The second-order valence-corrected chi connectivity index (χ2v) is 8.00. The van der Waals surface area contributed by atoms with Gasteiger partial charge < -0.3 is 19.1 Å². The van der Waals surface area contributed by atoms with Gasteiger partial charge in [0.05, 0.1) is 6.61 Å². The molecule has 0 aromatic heterocycles. The highest BCUT2D eigenvalue weighted by Gasteiger charge is 2.09. The average Bonchev–Trinajstić information content (AvgIpc) is 2.74. The molecule has 0 aliphatic heterocycles.